The Balaban J connectivity index is 2.04. The molecule has 2 fully saturated rings. The van der Waals surface area contributed by atoms with Gasteiger partial charge in [0.25, 0.3) is 0 Å². The Hall–Kier alpha value is -0.610. The van der Waals surface area contributed by atoms with Crippen molar-refractivity contribution >= 4 is 5.91 Å². The average molecular weight is 239 g/mol. The first-order valence-electron chi connectivity index (χ1n) is 6.93. The van der Waals surface area contributed by atoms with E-state index in [9.17, 15) is 4.79 Å². The van der Waals surface area contributed by atoms with Crippen LogP contribution in [0.25, 0.3) is 0 Å². The third-order valence-electron chi connectivity index (χ3n) is 4.34. The van der Waals surface area contributed by atoms with Gasteiger partial charge in [-0.25, -0.2) is 0 Å². The number of carbonyl (C=O) groups is 1. The lowest BCUT2D eigenvalue weighted by Crippen LogP contribution is -2.55. The van der Waals surface area contributed by atoms with Gasteiger partial charge in [-0.3, -0.25) is 9.69 Å². The molecule has 2 atom stereocenters. The number of nitrogens with zero attached hydrogens (tertiary/aromatic N) is 1. The SMILES string of the molecule is CC1CCNCC1N(CC(N)=O)C1CCCC1. The Morgan fingerprint density at radius 3 is 2.65 bits per heavy atom. The number of primary amides is 1. The van der Waals surface area contributed by atoms with Crippen molar-refractivity contribution in [1.29, 1.82) is 0 Å². The maximum atomic E-state index is 11.3. The molecule has 2 rings (SSSR count). The van der Waals surface area contributed by atoms with Gasteiger partial charge in [0.2, 0.25) is 5.91 Å². The summed E-state index contributed by atoms with van der Waals surface area (Å²) in [5, 5.41) is 3.45. The molecule has 0 aromatic rings. The summed E-state index contributed by atoms with van der Waals surface area (Å²) >= 11 is 0. The molecule has 2 aliphatic rings. The smallest absolute Gasteiger partial charge is 0.231 e. The fourth-order valence-electron chi connectivity index (χ4n) is 3.35. The number of piperidine rings is 1. The summed E-state index contributed by atoms with van der Waals surface area (Å²) in [7, 11) is 0. The second kappa shape index (κ2) is 5.83. The summed E-state index contributed by atoms with van der Waals surface area (Å²) in [4.78, 5) is 13.7. The van der Waals surface area contributed by atoms with Crippen molar-refractivity contribution in [3.05, 3.63) is 0 Å². The third kappa shape index (κ3) is 3.19. The molecule has 0 radical (unpaired) electrons. The van der Waals surface area contributed by atoms with Gasteiger partial charge in [0.15, 0.2) is 0 Å². The molecule has 0 aromatic carbocycles. The number of hydrogen-bond acceptors (Lipinski definition) is 3. The van der Waals surface area contributed by atoms with E-state index in [2.05, 4.69) is 17.1 Å². The number of carbonyl (C=O) groups excluding carboxylic acids is 1. The second-order valence-corrected chi connectivity index (χ2v) is 5.61. The van der Waals surface area contributed by atoms with Crippen molar-refractivity contribution < 1.29 is 4.79 Å². The van der Waals surface area contributed by atoms with Gasteiger partial charge < -0.3 is 11.1 Å². The highest BCUT2D eigenvalue weighted by molar-refractivity contribution is 5.76. The van der Waals surface area contributed by atoms with Crippen LogP contribution in [0, 0.1) is 5.92 Å². The van der Waals surface area contributed by atoms with Crippen LogP contribution in [0.2, 0.25) is 0 Å². The van der Waals surface area contributed by atoms with E-state index in [1.54, 1.807) is 0 Å². The average Bonchev–Trinajstić information content (AvgIpc) is 2.80. The molecule has 4 heteroatoms. The van der Waals surface area contributed by atoms with Crippen LogP contribution in [0.1, 0.15) is 39.0 Å². The van der Waals surface area contributed by atoms with E-state index in [1.807, 2.05) is 0 Å². The molecule has 4 nitrogen and oxygen atoms in total. The highest BCUT2D eigenvalue weighted by atomic mass is 16.1. The minimum Gasteiger partial charge on any atom is -0.369 e. The van der Waals surface area contributed by atoms with Crippen LogP contribution in [0.15, 0.2) is 0 Å². The van der Waals surface area contributed by atoms with Crippen LogP contribution in [0.4, 0.5) is 0 Å². The molecular weight excluding hydrogens is 214 g/mol. The summed E-state index contributed by atoms with van der Waals surface area (Å²) < 4.78 is 0. The van der Waals surface area contributed by atoms with Crippen LogP contribution in [0.3, 0.4) is 0 Å². The highest BCUT2D eigenvalue weighted by Gasteiger charge is 2.33. The van der Waals surface area contributed by atoms with Gasteiger partial charge in [0.1, 0.15) is 0 Å². The quantitative estimate of drug-likeness (QED) is 0.760. The molecule has 1 saturated heterocycles. The monoisotopic (exact) mass is 239 g/mol. The molecule has 1 aliphatic heterocycles. The van der Waals surface area contributed by atoms with Crippen LogP contribution in [-0.2, 0) is 4.79 Å². The molecule has 1 saturated carbocycles. The van der Waals surface area contributed by atoms with Crippen LogP contribution in [0.5, 0.6) is 0 Å². The predicted octanol–water partition coefficient (Wildman–Crippen LogP) is 0.714. The van der Waals surface area contributed by atoms with Crippen molar-refractivity contribution in [2.45, 2.75) is 51.1 Å². The Morgan fingerprint density at radius 2 is 2.06 bits per heavy atom. The summed E-state index contributed by atoms with van der Waals surface area (Å²) in [6.45, 7) is 4.84. The first-order valence-corrected chi connectivity index (χ1v) is 6.93. The van der Waals surface area contributed by atoms with E-state index in [-0.39, 0.29) is 5.91 Å². The van der Waals surface area contributed by atoms with E-state index in [0.29, 0.717) is 24.5 Å². The maximum absolute atomic E-state index is 11.3. The predicted molar refractivity (Wildman–Crippen MR) is 68.6 cm³/mol. The highest BCUT2D eigenvalue weighted by Crippen LogP contribution is 2.28. The van der Waals surface area contributed by atoms with Crippen LogP contribution >= 0.6 is 0 Å². The lowest BCUT2D eigenvalue weighted by molar-refractivity contribution is -0.120. The third-order valence-corrected chi connectivity index (χ3v) is 4.34. The molecule has 0 bridgehead atoms. The number of amides is 1. The largest absolute Gasteiger partial charge is 0.369 e. The molecule has 3 N–H and O–H groups in total. The zero-order valence-corrected chi connectivity index (χ0v) is 10.8. The molecule has 2 unspecified atom stereocenters. The van der Waals surface area contributed by atoms with Gasteiger partial charge in [-0.2, -0.15) is 0 Å². The lowest BCUT2D eigenvalue weighted by Gasteiger charge is -2.41. The summed E-state index contributed by atoms with van der Waals surface area (Å²) in [5.74, 6) is 0.478. The normalized spacial score (nSPS) is 30.9. The van der Waals surface area contributed by atoms with Crippen molar-refractivity contribution in [1.82, 2.24) is 10.2 Å². The number of nitrogens with one attached hydrogen (secondary N) is 1. The molecule has 98 valence electrons. The van der Waals surface area contributed by atoms with E-state index >= 15 is 0 Å². The van der Waals surface area contributed by atoms with E-state index in [4.69, 9.17) is 5.73 Å². The first-order chi connectivity index (χ1) is 8.18. The number of nitrogens with two attached hydrogens (primary N) is 1. The van der Waals surface area contributed by atoms with Gasteiger partial charge in [-0.05, 0) is 31.7 Å². The number of rotatable bonds is 4. The Kier molecular flexibility index (Phi) is 4.40. The minimum absolute atomic E-state index is 0.185. The zero-order chi connectivity index (χ0) is 12.3. The molecule has 17 heavy (non-hydrogen) atoms. The van der Waals surface area contributed by atoms with E-state index < -0.39 is 0 Å². The standard InChI is InChI=1S/C13H25N3O/c1-10-6-7-15-8-12(10)16(9-13(14)17)11-4-2-3-5-11/h10-12,15H,2-9H2,1H3,(H2,14,17). The van der Waals surface area contributed by atoms with Gasteiger partial charge in [-0.15, -0.1) is 0 Å². The maximum Gasteiger partial charge on any atom is 0.231 e. The minimum atomic E-state index is -0.185. The first kappa shape index (κ1) is 12.8. The summed E-state index contributed by atoms with van der Waals surface area (Å²) in [6.07, 6.45) is 6.27. The molecule has 1 aliphatic carbocycles. The second-order valence-electron chi connectivity index (χ2n) is 5.61. The van der Waals surface area contributed by atoms with Crippen LogP contribution < -0.4 is 11.1 Å². The summed E-state index contributed by atoms with van der Waals surface area (Å²) in [6, 6.07) is 1.06. The van der Waals surface area contributed by atoms with Gasteiger partial charge in [-0.1, -0.05) is 19.8 Å². The van der Waals surface area contributed by atoms with Crippen molar-refractivity contribution in [2.75, 3.05) is 19.6 Å². The lowest BCUT2D eigenvalue weighted by atomic mass is 9.92. The molecule has 1 amide bonds. The Bertz CT molecular complexity index is 263. The fraction of sp³-hybridized carbons (Fsp3) is 0.923. The zero-order valence-electron chi connectivity index (χ0n) is 10.8. The molecule has 1 heterocycles. The van der Waals surface area contributed by atoms with Crippen molar-refractivity contribution in [3.8, 4) is 0 Å². The van der Waals surface area contributed by atoms with Gasteiger partial charge in [0, 0.05) is 18.6 Å². The molecule has 0 aromatic heterocycles. The molecule has 0 spiro atoms. The van der Waals surface area contributed by atoms with E-state index in [1.165, 1.54) is 32.1 Å². The Labute approximate surface area is 104 Å². The fourth-order valence-corrected chi connectivity index (χ4v) is 3.35. The van der Waals surface area contributed by atoms with E-state index in [0.717, 1.165) is 13.1 Å². The van der Waals surface area contributed by atoms with Gasteiger partial charge >= 0.3 is 0 Å². The topological polar surface area (TPSA) is 58.4 Å². The van der Waals surface area contributed by atoms with Crippen molar-refractivity contribution in [2.24, 2.45) is 11.7 Å². The summed E-state index contributed by atoms with van der Waals surface area (Å²) in [5.41, 5.74) is 5.41. The Morgan fingerprint density at radius 1 is 1.35 bits per heavy atom. The van der Waals surface area contributed by atoms with Gasteiger partial charge in [0.05, 0.1) is 6.54 Å². The molecular formula is C13H25N3O. The number of hydrogen-bond donors (Lipinski definition) is 2. The van der Waals surface area contributed by atoms with Crippen LogP contribution in [-0.4, -0.2) is 42.5 Å². The van der Waals surface area contributed by atoms with Crippen molar-refractivity contribution in [3.63, 3.8) is 0 Å².